The quantitative estimate of drug-likeness (QED) is 0.446. The fourth-order valence-corrected chi connectivity index (χ4v) is 4.72. The molecule has 158 valence electrons. The molecule has 0 spiro atoms. The van der Waals surface area contributed by atoms with E-state index in [0.717, 1.165) is 53.7 Å². The number of hydrogen-bond donors (Lipinski definition) is 1. The third-order valence-electron chi connectivity index (χ3n) is 5.24. The second-order valence-corrected chi connectivity index (χ2v) is 8.68. The van der Waals surface area contributed by atoms with Crippen molar-refractivity contribution in [3.05, 3.63) is 57.9 Å². The van der Waals surface area contributed by atoms with Crippen molar-refractivity contribution in [2.45, 2.75) is 26.7 Å². The molecule has 2 aromatic heterocycles. The maximum absolute atomic E-state index is 12.7. The Bertz CT molecular complexity index is 1200. The molecule has 0 aliphatic carbocycles. The fraction of sp³-hybridized carbons (Fsp3) is 0.273. The molecule has 31 heavy (non-hydrogen) atoms. The smallest absolute Gasteiger partial charge is 0.268 e. The number of nitrogens with one attached hydrogen (secondary N) is 1. The highest BCUT2D eigenvalue weighted by Gasteiger charge is 2.19. The molecule has 0 bridgehead atoms. The highest BCUT2D eigenvalue weighted by Crippen LogP contribution is 2.29. The monoisotopic (exact) mass is 452 g/mol. The van der Waals surface area contributed by atoms with Crippen LogP contribution in [0.3, 0.4) is 0 Å². The number of nitrogens with zero attached hydrogens (tertiary/aromatic N) is 5. The standard InChI is InChI=1S/C22H21ClN6OS/c1-14-11-16(15(2)29(14)19-8-4-3-7-18(19)23)12-17(13-24)20(30)25-21-26-27-22(31-21)28-9-5-6-10-28/h3-4,7-8,11-12H,5-6,9-10H2,1-2H3,(H,25,26,30)/b17-12-. The summed E-state index contributed by atoms with van der Waals surface area (Å²) in [5, 5.41) is 22.3. The van der Waals surface area contributed by atoms with Gasteiger partial charge in [0, 0.05) is 24.5 Å². The molecule has 7 nitrogen and oxygen atoms in total. The zero-order valence-corrected chi connectivity index (χ0v) is 18.8. The van der Waals surface area contributed by atoms with E-state index in [1.165, 1.54) is 11.3 Å². The van der Waals surface area contributed by atoms with Crippen molar-refractivity contribution >= 4 is 45.2 Å². The lowest BCUT2D eigenvalue weighted by Gasteiger charge is -2.11. The molecule has 1 fully saturated rings. The lowest BCUT2D eigenvalue weighted by Crippen LogP contribution is -2.17. The minimum absolute atomic E-state index is 0.00247. The first-order valence-corrected chi connectivity index (χ1v) is 11.1. The molecular weight excluding hydrogens is 432 g/mol. The number of hydrogen-bond acceptors (Lipinski definition) is 6. The third-order valence-corrected chi connectivity index (χ3v) is 6.46. The number of carbonyl (C=O) groups is 1. The van der Waals surface area contributed by atoms with E-state index in [0.29, 0.717) is 10.2 Å². The van der Waals surface area contributed by atoms with Crippen molar-refractivity contribution in [1.29, 1.82) is 5.26 Å². The number of amides is 1. The van der Waals surface area contributed by atoms with Crippen LogP contribution >= 0.6 is 22.9 Å². The van der Waals surface area contributed by atoms with Gasteiger partial charge < -0.3 is 9.47 Å². The Morgan fingerprint density at radius 3 is 2.71 bits per heavy atom. The van der Waals surface area contributed by atoms with Crippen LogP contribution in [0.2, 0.25) is 5.02 Å². The summed E-state index contributed by atoms with van der Waals surface area (Å²) in [5.74, 6) is -0.505. The second kappa shape index (κ2) is 8.92. The van der Waals surface area contributed by atoms with Crippen molar-refractivity contribution < 1.29 is 4.79 Å². The Morgan fingerprint density at radius 2 is 2.00 bits per heavy atom. The number of para-hydroxylation sites is 1. The van der Waals surface area contributed by atoms with Gasteiger partial charge in [0.1, 0.15) is 11.6 Å². The molecule has 1 aliphatic rings. The number of carbonyl (C=O) groups excluding carboxylic acids is 1. The first-order chi connectivity index (χ1) is 15.0. The topological polar surface area (TPSA) is 86.8 Å². The maximum Gasteiger partial charge on any atom is 0.268 e. The SMILES string of the molecule is Cc1cc(/C=C(/C#N)C(=O)Nc2nnc(N3CCCC3)s2)c(C)n1-c1ccccc1Cl. The summed E-state index contributed by atoms with van der Waals surface area (Å²) in [6.45, 7) is 5.79. The molecule has 1 aromatic carbocycles. The van der Waals surface area contributed by atoms with Gasteiger partial charge in [-0.2, -0.15) is 5.26 Å². The van der Waals surface area contributed by atoms with Gasteiger partial charge >= 0.3 is 0 Å². The predicted molar refractivity (Wildman–Crippen MR) is 124 cm³/mol. The molecule has 3 heterocycles. The molecule has 0 unspecified atom stereocenters. The van der Waals surface area contributed by atoms with Crippen LogP contribution < -0.4 is 10.2 Å². The maximum atomic E-state index is 12.7. The molecule has 9 heteroatoms. The summed E-state index contributed by atoms with van der Waals surface area (Å²) in [6.07, 6.45) is 3.86. The first-order valence-electron chi connectivity index (χ1n) is 9.93. The van der Waals surface area contributed by atoms with Gasteiger partial charge in [-0.15, -0.1) is 10.2 Å². The van der Waals surface area contributed by atoms with E-state index in [9.17, 15) is 10.1 Å². The van der Waals surface area contributed by atoms with E-state index < -0.39 is 5.91 Å². The fourth-order valence-electron chi connectivity index (χ4n) is 3.71. The van der Waals surface area contributed by atoms with Crippen LogP contribution in [0.4, 0.5) is 10.3 Å². The van der Waals surface area contributed by atoms with E-state index >= 15 is 0 Å². The minimum atomic E-state index is -0.505. The van der Waals surface area contributed by atoms with Crippen LogP contribution in [0.1, 0.15) is 29.8 Å². The molecule has 1 amide bonds. The summed E-state index contributed by atoms with van der Waals surface area (Å²) in [4.78, 5) is 14.9. The van der Waals surface area contributed by atoms with Gasteiger partial charge in [0.15, 0.2) is 0 Å². The third kappa shape index (κ3) is 4.33. The highest BCUT2D eigenvalue weighted by molar-refractivity contribution is 7.19. The second-order valence-electron chi connectivity index (χ2n) is 7.32. The van der Waals surface area contributed by atoms with E-state index in [-0.39, 0.29) is 5.57 Å². The Labute approximate surface area is 189 Å². The van der Waals surface area contributed by atoms with Gasteiger partial charge in [-0.05, 0) is 56.5 Å². The summed E-state index contributed by atoms with van der Waals surface area (Å²) >= 11 is 7.68. The molecule has 1 aliphatic heterocycles. The van der Waals surface area contributed by atoms with Gasteiger partial charge in [-0.25, -0.2) is 0 Å². The Balaban J connectivity index is 1.57. The molecule has 4 rings (SSSR count). The van der Waals surface area contributed by atoms with Crippen LogP contribution in [-0.2, 0) is 4.79 Å². The lowest BCUT2D eigenvalue weighted by molar-refractivity contribution is -0.112. The molecule has 3 aromatic rings. The number of benzene rings is 1. The van der Waals surface area contributed by atoms with Crippen LogP contribution in [0.15, 0.2) is 35.9 Å². The lowest BCUT2D eigenvalue weighted by atomic mass is 10.1. The predicted octanol–water partition coefficient (Wildman–Crippen LogP) is 4.74. The molecule has 0 atom stereocenters. The van der Waals surface area contributed by atoms with Crippen molar-refractivity contribution in [1.82, 2.24) is 14.8 Å². The van der Waals surface area contributed by atoms with Crippen LogP contribution in [0.5, 0.6) is 0 Å². The van der Waals surface area contributed by atoms with Crippen molar-refractivity contribution in [3.8, 4) is 11.8 Å². The summed E-state index contributed by atoms with van der Waals surface area (Å²) in [6, 6.07) is 11.5. The first kappa shape index (κ1) is 21.1. The van der Waals surface area contributed by atoms with Crippen molar-refractivity contribution in [3.63, 3.8) is 0 Å². The van der Waals surface area contributed by atoms with E-state index in [1.54, 1.807) is 6.08 Å². The van der Waals surface area contributed by atoms with Gasteiger partial charge in [-0.1, -0.05) is 35.1 Å². The normalized spacial score (nSPS) is 14.0. The Hall–Kier alpha value is -3.15. The number of nitriles is 1. The number of aromatic nitrogens is 3. The number of aryl methyl sites for hydroxylation is 1. The minimum Gasteiger partial charge on any atom is -0.347 e. The average molecular weight is 453 g/mol. The summed E-state index contributed by atoms with van der Waals surface area (Å²) < 4.78 is 2.01. The van der Waals surface area contributed by atoms with Crippen LogP contribution in [0, 0.1) is 25.2 Å². The highest BCUT2D eigenvalue weighted by atomic mass is 35.5. The largest absolute Gasteiger partial charge is 0.347 e. The van der Waals surface area contributed by atoms with E-state index in [2.05, 4.69) is 20.4 Å². The van der Waals surface area contributed by atoms with Gasteiger partial charge in [-0.3, -0.25) is 10.1 Å². The Morgan fingerprint density at radius 1 is 1.26 bits per heavy atom. The van der Waals surface area contributed by atoms with Crippen molar-refractivity contribution in [2.24, 2.45) is 0 Å². The summed E-state index contributed by atoms with van der Waals surface area (Å²) in [7, 11) is 0. The number of anilines is 2. The Kier molecular flexibility index (Phi) is 6.07. The molecular formula is C22H21ClN6OS. The van der Waals surface area contributed by atoms with Gasteiger partial charge in [0.25, 0.3) is 5.91 Å². The van der Waals surface area contributed by atoms with Gasteiger partial charge in [0.2, 0.25) is 10.3 Å². The molecule has 1 N–H and O–H groups in total. The van der Waals surface area contributed by atoms with E-state index in [1.807, 2.05) is 54.8 Å². The summed E-state index contributed by atoms with van der Waals surface area (Å²) in [5.41, 5.74) is 3.47. The molecule has 1 saturated heterocycles. The number of halogens is 1. The molecule has 0 radical (unpaired) electrons. The zero-order valence-electron chi connectivity index (χ0n) is 17.2. The average Bonchev–Trinajstić information content (AvgIpc) is 3.48. The van der Waals surface area contributed by atoms with Crippen molar-refractivity contribution in [2.75, 3.05) is 23.3 Å². The zero-order chi connectivity index (χ0) is 22.0. The number of rotatable bonds is 5. The van der Waals surface area contributed by atoms with Crippen LogP contribution in [0.25, 0.3) is 11.8 Å². The van der Waals surface area contributed by atoms with Crippen LogP contribution in [-0.4, -0.2) is 33.8 Å². The van der Waals surface area contributed by atoms with Gasteiger partial charge in [0.05, 0.1) is 10.7 Å². The molecule has 0 saturated carbocycles. The van der Waals surface area contributed by atoms with E-state index in [4.69, 9.17) is 11.6 Å².